The van der Waals surface area contributed by atoms with Crippen LogP contribution < -0.4 is 9.46 Å². The van der Waals surface area contributed by atoms with Gasteiger partial charge in [0.1, 0.15) is 5.75 Å². The number of hydrogen-bond acceptors (Lipinski definition) is 5. The van der Waals surface area contributed by atoms with Crippen LogP contribution in [0.2, 0.25) is 0 Å². The van der Waals surface area contributed by atoms with Crippen molar-refractivity contribution in [3.05, 3.63) is 46.7 Å². The minimum absolute atomic E-state index is 0.195. The highest BCUT2D eigenvalue weighted by atomic mass is 32.2. The van der Waals surface area contributed by atoms with Crippen LogP contribution in [-0.2, 0) is 20.2 Å². The summed E-state index contributed by atoms with van der Waals surface area (Å²) in [5.74, 6) is 1.10. The third kappa shape index (κ3) is 5.10. The number of benzene rings is 1. The maximum absolute atomic E-state index is 12.8. The van der Waals surface area contributed by atoms with Gasteiger partial charge in [0.05, 0.1) is 11.5 Å². The van der Waals surface area contributed by atoms with E-state index in [1.807, 2.05) is 11.4 Å². The fraction of sp³-hybridized carbons (Fsp3) is 0.500. The molecule has 0 amide bonds. The molecule has 1 aliphatic rings. The lowest BCUT2D eigenvalue weighted by atomic mass is 9.79. The Bertz CT molecular complexity index is 808. The van der Waals surface area contributed by atoms with Gasteiger partial charge in [-0.25, -0.2) is 13.1 Å². The summed E-state index contributed by atoms with van der Waals surface area (Å²) < 4.78 is 39.5. The molecule has 0 aliphatic carbocycles. The van der Waals surface area contributed by atoms with Crippen molar-refractivity contribution in [1.29, 1.82) is 0 Å². The minimum Gasteiger partial charge on any atom is -0.493 e. The van der Waals surface area contributed by atoms with E-state index in [2.05, 4.69) is 24.6 Å². The first kappa shape index (κ1) is 20.3. The van der Waals surface area contributed by atoms with Crippen LogP contribution >= 0.6 is 11.3 Å². The van der Waals surface area contributed by atoms with Gasteiger partial charge in [0, 0.05) is 30.1 Å². The first-order valence-electron chi connectivity index (χ1n) is 9.26. The van der Waals surface area contributed by atoms with Crippen LogP contribution in [0.15, 0.2) is 46.7 Å². The van der Waals surface area contributed by atoms with Gasteiger partial charge < -0.3 is 9.47 Å². The molecule has 1 aliphatic heterocycles. The Labute approximate surface area is 165 Å². The lowest BCUT2D eigenvalue weighted by Gasteiger charge is -2.36. The highest BCUT2D eigenvalue weighted by molar-refractivity contribution is 7.89. The van der Waals surface area contributed by atoms with Gasteiger partial charge in [0.15, 0.2) is 0 Å². The minimum atomic E-state index is -3.58. The van der Waals surface area contributed by atoms with Gasteiger partial charge >= 0.3 is 0 Å². The predicted octanol–water partition coefficient (Wildman–Crippen LogP) is 3.81. The quantitative estimate of drug-likeness (QED) is 0.720. The summed E-state index contributed by atoms with van der Waals surface area (Å²) >= 11 is 1.68. The fourth-order valence-corrected chi connectivity index (χ4v) is 5.26. The molecule has 1 saturated heterocycles. The maximum atomic E-state index is 12.8. The normalized spacial score (nSPS) is 17.1. The average molecular weight is 410 g/mol. The van der Waals surface area contributed by atoms with E-state index < -0.39 is 10.0 Å². The number of thiophene rings is 1. The Kier molecular flexibility index (Phi) is 6.57. The van der Waals surface area contributed by atoms with E-state index in [0.29, 0.717) is 38.0 Å². The molecule has 1 aromatic heterocycles. The Morgan fingerprint density at radius 3 is 2.48 bits per heavy atom. The van der Waals surface area contributed by atoms with E-state index in [9.17, 15) is 8.42 Å². The van der Waals surface area contributed by atoms with Crippen LogP contribution in [0.4, 0.5) is 0 Å². The number of nitrogens with one attached hydrogen (secondary N) is 1. The topological polar surface area (TPSA) is 64.6 Å². The van der Waals surface area contributed by atoms with Crippen molar-refractivity contribution < 1.29 is 17.9 Å². The molecule has 0 unspecified atom stereocenters. The van der Waals surface area contributed by atoms with Crippen LogP contribution in [0, 0.1) is 5.92 Å². The molecule has 27 heavy (non-hydrogen) atoms. The fourth-order valence-electron chi connectivity index (χ4n) is 3.15. The summed E-state index contributed by atoms with van der Waals surface area (Å²) in [6.45, 7) is 6.44. The van der Waals surface area contributed by atoms with Crippen LogP contribution in [0.25, 0.3) is 0 Å². The third-order valence-electron chi connectivity index (χ3n) is 4.81. The summed E-state index contributed by atoms with van der Waals surface area (Å²) in [6.07, 6.45) is 1.63. The zero-order valence-corrected chi connectivity index (χ0v) is 17.4. The number of sulfonamides is 1. The Hall–Kier alpha value is -1.41. The van der Waals surface area contributed by atoms with Crippen molar-refractivity contribution in [3.63, 3.8) is 0 Å². The van der Waals surface area contributed by atoms with Crippen molar-refractivity contribution in [1.82, 2.24) is 4.72 Å². The monoisotopic (exact) mass is 409 g/mol. The summed E-state index contributed by atoms with van der Waals surface area (Å²) in [5.41, 5.74) is -0.195. The van der Waals surface area contributed by atoms with Crippen molar-refractivity contribution in [3.8, 4) is 5.75 Å². The van der Waals surface area contributed by atoms with Crippen LogP contribution in [0.1, 0.15) is 31.6 Å². The molecule has 1 fully saturated rings. The first-order chi connectivity index (χ1) is 12.9. The Morgan fingerprint density at radius 2 is 1.89 bits per heavy atom. The summed E-state index contributed by atoms with van der Waals surface area (Å²) in [6, 6.07) is 10.7. The predicted molar refractivity (Wildman–Crippen MR) is 108 cm³/mol. The van der Waals surface area contributed by atoms with Gasteiger partial charge in [-0.05, 0) is 54.5 Å². The molecule has 148 valence electrons. The average Bonchev–Trinajstić information content (AvgIpc) is 3.21. The molecular weight excluding hydrogens is 382 g/mol. The van der Waals surface area contributed by atoms with E-state index in [-0.39, 0.29) is 10.3 Å². The lowest BCUT2D eigenvalue weighted by Crippen LogP contribution is -2.44. The maximum Gasteiger partial charge on any atom is 0.240 e. The second kappa shape index (κ2) is 8.73. The van der Waals surface area contributed by atoms with Gasteiger partial charge in [-0.3, -0.25) is 0 Å². The van der Waals surface area contributed by atoms with Crippen molar-refractivity contribution in [2.45, 2.75) is 37.0 Å². The molecule has 0 atom stereocenters. The Balaban J connectivity index is 1.70. The molecule has 5 nitrogen and oxygen atoms in total. The van der Waals surface area contributed by atoms with Crippen molar-refractivity contribution in [2.75, 3.05) is 26.4 Å². The van der Waals surface area contributed by atoms with Crippen LogP contribution in [0.5, 0.6) is 5.75 Å². The van der Waals surface area contributed by atoms with E-state index in [4.69, 9.17) is 9.47 Å². The molecule has 0 spiro atoms. The van der Waals surface area contributed by atoms with E-state index >= 15 is 0 Å². The largest absolute Gasteiger partial charge is 0.493 e. The second-order valence-corrected chi connectivity index (χ2v) is 10.1. The smallest absolute Gasteiger partial charge is 0.240 e. The van der Waals surface area contributed by atoms with E-state index in [1.54, 1.807) is 35.6 Å². The molecule has 0 saturated carbocycles. The molecule has 2 aromatic rings. The summed E-state index contributed by atoms with van der Waals surface area (Å²) in [5, 5.41) is 2.04. The molecule has 0 bridgehead atoms. The standard InChI is InChI=1S/C20H27NO4S2/c1-16(2)14-25-17-5-7-18(8-6-17)27(22,23)21-15-20(9-11-24-12-10-20)19-4-3-13-26-19/h3-8,13,16,21H,9-12,14-15H2,1-2H3. The van der Waals surface area contributed by atoms with Gasteiger partial charge in [-0.1, -0.05) is 19.9 Å². The Morgan fingerprint density at radius 1 is 1.19 bits per heavy atom. The molecule has 1 N–H and O–H groups in total. The highest BCUT2D eigenvalue weighted by Gasteiger charge is 2.36. The zero-order valence-electron chi connectivity index (χ0n) is 15.8. The van der Waals surface area contributed by atoms with E-state index in [1.165, 1.54) is 4.88 Å². The third-order valence-corrected chi connectivity index (χ3v) is 7.35. The highest BCUT2D eigenvalue weighted by Crippen LogP contribution is 2.37. The molecule has 1 aromatic carbocycles. The van der Waals surface area contributed by atoms with Gasteiger partial charge in [0.25, 0.3) is 0 Å². The number of rotatable bonds is 8. The van der Waals surface area contributed by atoms with Gasteiger partial charge in [-0.15, -0.1) is 11.3 Å². The van der Waals surface area contributed by atoms with Crippen LogP contribution in [-0.4, -0.2) is 34.8 Å². The molecule has 2 heterocycles. The first-order valence-corrected chi connectivity index (χ1v) is 11.6. The van der Waals surface area contributed by atoms with E-state index in [0.717, 1.165) is 12.8 Å². The summed E-state index contributed by atoms with van der Waals surface area (Å²) in [4.78, 5) is 1.47. The number of hydrogen-bond donors (Lipinski definition) is 1. The van der Waals surface area contributed by atoms with Gasteiger partial charge in [0.2, 0.25) is 10.0 Å². The van der Waals surface area contributed by atoms with Crippen LogP contribution in [0.3, 0.4) is 0 Å². The summed E-state index contributed by atoms with van der Waals surface area (Å²) in [7, 11) is -3.58. The SMILES string of the molecule is CC(C)COc1ccc(S(=O)(=O)NCC2(c3cccs3)CCOCC2)cc1. The second-order valence-electron chi connectivity index (χ2n) is 7.37. The van der Waals surface area contributed by atoms with Crippen molar-refractivity contribution in [2.24, 2.45) is 5.92 Å². The molecule has 3 rings (SSSR count). The molecule has 7 heteroatoms. The zero-order chi connectivity index (χ0) is 19.3. The lowest BCUT2D eigenvalue weighted by molar-refractivity contribution is 0.0529. The molecule has 0 radical (unpaired) electrons. The molecular formula is C20H27NO4S2. The number of ether oxygens (including phenoxy) is 2. The van der Waals surface area contributed by atoms with Crippen molar-refractivity contribution >= 4 is 21.4 Å². The van der Waals surface area contributed by atoms with Gasteiger partial charge in [-0.2, -0.15) is 0 Å².